The average molecular weight is 241 g/mol. The number of rotatable bonds is 6. The van der Waals surface area contributed by atoms with Gasteiger partial charge in [0, 0.05) is 18.1 Å². The first-order valence-electron chi connectivity index (χ1n) is 4.92. The second-order valence-electron chi connectivity index (χ2n) is 3.05. The Morgan fingerprint density at radius 3 is 3.00 bits per heavy atom. The largest absolute Gasteiger partial charge is 0.468 e. The fraction of sp³-hybridized carbons (Fsp3) is 0.500. The summed E-state index contributed by atoms with van der Waals surface area (Å²) in [5, 5.41) is 3.78. The molecular formula is C10H15N3O2S. The van der Waals surface area contributed by atoms with E-state index in [9.17, 15) is 4.79 Å². The number of likely N-dealkylation sites (N-methyl/N-ethyl adjacent to an activating group) is 1. The molecule has 1 N–H and O–H groups in total. The van der Waals surface area contributed by atoms with Gasteiger partial charge < -0.3 is 10.1 Å². The average Bonchev–Trinajstić information content (AvgIpc) is 2.35. The summed E-state index contributed by atoms with van der Waals surface area (Å²) in [6.45, 7) is 0. The van der Waals surface area contributed by atoms with Crippen LogP contribution in [-0.2, 0) is 9.53 Å². The van der Waals surface area contributed by atoms with Gasteiger partial charge in [-0.2, -0.15) is 0 Å². The third-order valence-corrected chi connectivity index (χ3v) is 2.98. The highest BCUT2D eigenvalue weighted by Gasteiger charge is 2.16. The lowest BCUT2D eigenvalue weighted by atomic mass is 10.2. The van der Waals surface area contributed by atoms with Gasteiger partial charge in [-0.1, -0.05) is 0 Å². The highest BCUT2D eigenvalue weighted by Crippen LogP contribution is 2.15. The number of hydrogen-bond acceptors (Lipinski definition) is 6. The van der Waals surface area contributed by atoms with Gasteiger partial charge in [0.2, 0.25) is 0 Å². The Balaban J connectivity index is 2.31. The summed E-state index contributed by atoms with van der Waals surface area (Å²) in [6.07, 6.45) is 5.69. The molecule has 88 valence electrons. The lowest BCUT2D eigenvalue weighted by Gasteiger charge is -2.12. The minimum Gasteiger partial charge on any atom is -0.468 e. The molecule has 0 saturated carbocycles. The fourth-order valence-corrected chi connectivity index (χ4v) is 2.00. The molecule has 0 aliphatic carbocycles. The van der Waals surface area contributed by atoms with Crippen LogP contribution in [0, 0.1) is 0 Å². The molecule has 1 atom stereocenters. The Labute approximate surface area is 99.0 Å². The number of carbonyl (C=O) groups is 1. The van der Waals surface area contributed by atoms with E-state index >= 15 is 0 Å². The summed E-state index contributed by atoms with van der Waals surface area (Å²) < 4.78 is 4.67. The maximum absolute atomic E-state index is 11.3. The standard InChI is InChI=1S/C10H15N3O2S/c1-11-8(10(14)15-2)3-6-16-9-7-12-4-5-13-9/h4-5,7-8,11H,3,6H2,1-2H3. The maximum atomic E-state index is 11.3. The van der Waals surface area contributed by atoms with Crippen molar-refractivity contribution in [1.29, 1.82) is 0 Å². The molecule has 1 heterocycles. The number of aromatic nitrogens is 2. The highest BCUT2D eigenvalue weighted by molar-refractivity contribution is 7.99. The van der Waals surface area contributed by atoms with Gasteiger partial charge in [0.05, 0.1) is 13.3 Å². The number of ether oxygens (including phenoxy) is 1. The number of methoxy groups -OCH3 is 1. The van der Waals surface area contributed by atoms with E-state index in [1.165, 1.54) is 7.11 Å². The molecule has 1 unspecified atom stereocenters. The van der Waals surface area contributed by atoms with Gasteiger partial charge in [-0.15, -0.1) is 11.8 Å². The highest BCUT2D eigenvalue weighted by atomic mass is 32.2. The van der Waals surface area contributed by atoms with Crippen molar-refractivity contribution in [2.75, 3.05) is 19.9 Å². The van der Waals surface area contributed by atoms with Crippen LogP contribution >= 0.6 is 11.8 Å². The second kappa shape index (κ2) is 7.19. The van der Waals surface area contributed by atoms with Crippen molar-refractivity contribution in [2.24, 2.45) is 0 Å². The lowest BCUT2D eigenvalue weighted by molar-refractivity contribution is -0.143. The van der Waals surface area contributed by atoms with Gasteiger partial charge in [-0.25, -0.2) is 4.98 Å². The first kappa shape index (κ1) is 12.9. The van der Waals surface area contributed by atoms with E-state index in [-0.39, 0.29) is 12.0 Å². The predicted molar refractivity (Wildman–Crippen MR) is 62.2 cm³/mol. The normalized spacial score (nSPS) is 12.1. The molecule has 0 aromatic carbocycles. The van der Waals surface area contributed by atoms with Crippen molar-refractivity contribution >= 4 is 17.7 Å². The Morgan fingerprint density at radius 1 is 1.62 bits per heavy atom. The number of thioether (sulfide) groups is 1. The van der Waals surface area contributed by atoms with Crippen LogP contribution < -0.4 is 5.32 Å². The van der Waals surface area contributed by atoms with Crippen LogP contribution in [0.3, 0.4) is 0 Å². The fourth-order valence-electron chi connectivity index (χ4n) is 1.16. The van der Waals surface area contributed by atoms with Gasteiger partial charge in [0.15, 0.2) is 0 Å². The van der Waals surface area contributed by atoms with Crippen LogP contribution in [0.2, 0.25) is 0 Å². The van der Waals surface area contributed by atoms with Crippen molar-refractivity contribution < 1.29 is 9.53 Å². The monoisotopic (exact) mass is 241 g/mol. The van der Waals surface area contributed by atoms with Crippen LogP contribution in [0.5, 0.6) is 0 Å². The van der Waals surface area contributed by atoms with E-state index in [1.807, 2.05) is 0 Å². The summed E-state index contributed by atoms with van der Waals surface area (Å²) in [5.41, 5.74) is 0. The molecule has 0 radical (unpaired) electrons. The Kier molecular flexibility index (Phi) is 5.81. The summed E-state index contributed by atoms with van der Waals surface area (Å²) in [6, 6.07) is -0.255. The Bertz CT molecular complexity index is 321. The van der Waals surface area contributed by atoms with Crippen molar-refractivity contribution in [3.8, 4) is 0 Å². The molecule has 1 rings (SSSR count). The van der Waals surface area contributed by atoms with Crippen molar-refractivity contribution in [2.45, 2.75) is 17.5 Å². The van der Waals surface area contributed by atoms with Crippen molar-refractivity contribution in [3.05, 3.63) is 18.6 Å². The van der Waals surface area contributed by atoms with E-state index in [4.69, 9.17) is 0 Å². The second-order valence-corrected chi connectivity index (χ2v) is 4.16. The lowest BCUT2D eigenvalue weighted by Crippen LogP contribution is -2.35. The summed E-state index contributed by atoms with van der Waals surface area (Å²) in [7, 11) is 3.14. The minimum atomic E-state index is -0.255. The zero-order valence-corrected chi connectivity index (χ0v) is 10.2. The Hall–Kier alpha value is -1.14. The first-order chi connectivity index (χ1) is 7.77. The molecule has 16 heavy (non-hydrogen) atoms. The number of nitrogens with one attached hydrogen (secondary N) is 1. The van der Waals surface area contributed by atoms with E-state index < -0.39 is 0 Å². The van der Waals surface area contributed by atoms with Crippen LogP contribution in [0.1, 0.15) is 6.42 Å². The van der Waals surface area contributed by atoms with Crippen LogP contribution in [0.15, 0.2) is 23.6 Å². The Morgan fingerprint density at radius 2 is 2.44 bits per heavy atom. The molecule has 1 aromatic rings. The quantitative estimate of drug-likeness (QED) is 0.585. The van der Waals surface area contributed by atoms with Crippen molar-refractivity contribution in [1.82, 2.24) is 15.3 Å². The maximum Gasteiger partial charge on any atom is 0.322 e. The third kappa shape index (κ3) is 4.16. The van der Waals surface area contributed by atoms with E-state index in [1.54, 1.807) is 37.4 Å². The van der Waals surface area contributed by atoms with Gasteiger partial charge in [-0.3, -0.25) is 9.78 Å². The summed E-state index contributed by atoms with van der Waals surface area (Å²) in [4.78, 5) is 19.4. The molecule has 0 aliphatic heterocycles. The van der Waals surface area contributed by atoms with Crippen LogP contribution in [0.25, 0.3) is 0 Å². The molecule has 0 bridgehead atoms. The molecule has 5 nitrogen and oxygen atoms in total. The van der Waals surface area contributed by atoms with Gasteiger partial charge in [-0.05, 0) is 13.5 Å². The van der Waals surface area contributed by atoms with Gasteiger partial charge >= 0.3 is 5.97 Å². The van der Waals surface area contributed by atoms with Crippen LogP contribution in [-0.4, -0.2) is 41.9 Å². The number of hydrogen-bond donors (Lipinski definition) is 1. The minimum absolute atomic E-state index is 0.234. The molecule has 0 spiro atoms. The summed E-state index contributed by atoms with van der Waals surface area (Å²) >= 11 is 1.57. The zero-order chi connectivity index (χ0) is 11.8. The third-order valence-electron chi connectivity index (χ3n) is 2.03. The number of nitrogens with zero attached hydrogens (tertiary/aromatic N) is 2. The molecule has 0 aliphatic rings. The molecule has 0 amide bonds. The SMILES string of the molecule is CNC(CCSc1cnccn1)C(=O)OC. The number of esters is 1. The summed E-state index contributed by atoms with van der Waals surface area (Å²) in [5.74, 6) is 0.557. The topological polar surface area (TPSA) is 64.1 Å². The van der Waals surface area contributed by atoms with Gasteiger partial charge in [0.1, 0.15) is 11.1 Å². The van der Waals surface area contributed by atoms with Gasteiger partial charge in [0.25, 0.3) is 0 Å². The van der Waals surface area contributed by atoms with E-state index in [2.05, 4.69) is 20.0 Å². The number of carbonyl (C=O) groups excluding carboxylic acids is 1. The molecule has 0 fully saturated rings. The van der Waals surface area contributed by atoms with Crippen LogP contribution in [0.4, 0.5) is 0 Å². The molecule has 0 saturated heterocycles. The molecule has 1 aromatic heterocycles. The predicted octanol–water partition coefficient (Wildman–Crippen LogP) is 0.720. The first-order valence-corrected chi connectivity index (χ1v) is 5.90. The molecule has 6 heteroatoms. The zero-order valence-electron chi connectivity index (χ0n) is 9.34. The molecular weight excluding hydrogens is 226 g/mol. The van der Waals surface area contributed by atoms with E-state index in [0.717, 1.165) is 10.8 Å². The van der Waals surface area contributed by atoms with E-state index in [0.29, 0.717) is 6.42 Å². The smallest absolute Gasteiger partial charge is 0.322 e. The van der Waals surface area contributed by atoms with Crippen molar-refractivity contribution in [3.63, 3.8) is 0 Å².